The standard InChI is InChI=1S/C18H24N4O2/c23-18(24-13-15-5-2-1-3-6-15)21-17-11-16(12-17)20-7-4-9-22-10-8-19-14-22/h1-3,5-6,8,10,14,16-17,20H,4,7,9,11-13H2,(H,21,23). The third-order valence-corrected chi connectivity index (χ3v) is 4.26. The highest BCUT2D eigenvalue weighted by Crippen LogP contribution is 2.20. The van der Waals surface area contributed by atoms with E-state index in [1.807, 2.05) is 42.9 Å². The fourth-order valence-corrected chi connectivity index (χ4v) is 2.82. The number of nitrogens with zero attached hydrogens (tertiary/aromatic N) is 2. The number of aromatic nitrogens is 2. The molecule has 128 valence electrons. The zero-order chi connectivity index (χ0) is 16.6. The smallest absolute Gasteiger partial charge is 0.407 e. The first kappa shape index (κ1) is 16.5. The molecule has 2 N–H and O–H groups in total. The third-order valence-electron chi connectivity index (χ3n) is 4.26. The summed E-state index contributed by atoms with van der Waals surface area (Å²) in [6.07, 6.45) is 8.28. The van der Waals surface area contributed by atoms with Crippen molar-refractivity contribution in [2.45, 2.75) is 44.5 Å². The second kappa shape index (κ2) is 8.49. The molecule has 1 saturated carbocycles. The maximum atomic E-state index is 11.8. The molecule has 0 saturated heterocycles. The molecule has 1 aromatic heterocycles. The topological polar surface area (TPSA) is 68.2 Å². The SMILES string of the molecule is O=C(NC1CC(NCCCn2ccnc2)C1)OCc1ccccc1. The number of rotatable bonds is 8. The molecule has 1 aliphatic rings. The minimum absolute atomic E-state index is 0.222. The zero-order valence-corrected chi connectivity index (χ0v) is 13.7. The molecule has 0 aliphatic heterocycles. The molecule has 0 atom stereocenters. The summed E-state index contributed by atoms with van der Waals surface area (Å²) < 4.78 is 7.31. The number of nitrogens with one attached hydrogen (secondary N) is 2. The van der Waals surface area contributed by atoms with E-state index in [1.54, 1.807) is 6.20 Å². The summed E-state index contributed by atoms with van der Waals surface area (Å²) in [5, 5.41) is 6.43. The lowest BCUT2D eigenvalue weighted by molar-refractivity contribution is 0.125. The van der Waals surface area contributed by atoms with Gasteiger partial charge >= 0.3 is 6.09 Å². The number of benzene rings is 1. The number of carbonyl (C=O) groups excluding carboxylic acids is 1. The van der Waals surface area contributed by atoms with Gasteiger partial charge in [-0.3, -0.25) is 0 Å². The molecule has 24 heavy (non-hydrogen) atoms. The zero-order valence-electron chi connectivity index (χ0n) is 13.7. The molecule has 6 heteroatoms. The van der Waals surface area contributed by atoms with E-state index in [0.29, 0.717) is 12.6 Å². The van der Waals surface area contributed by atoms with Crippen molar-refractivity contribution in [2.24, 2.45) is 0 Å². The van der Waals surface area contributed by atoms with Crippen molar-refractivity contribution < 1.29 is 9.53 Å². The predicted octanol–water partition coefficient (Wildman–Crippen LogP) is 2.32. The van der Waals surface area contributed by atoms with E-state index in [9.17, 15) is 4.79 Å². The molecule has 1 heterocycles. The summed E-state index contributed by atoms with van der Waals surface area (Å²) in [5.74, 6) is 0. The summed E-state index contributed by atoms with van der Waals surface area (Å²) in [6, 6.07) is 10.4. The first-order valence-electron chi connectivity index (χ1n) is 8.46. The molecule has 0 spiro atoms. The maximum absolute atomic E-state index is 11.8. The summed E-state index contributed by atoms with van der Waals surface area (Å²) in [7, 11) is 0. The molecule has 1 aliphatic carbocycles. The van der Waals surface area contributed by atoms with Gasteiger partial charge in [-0.05, 0) is 31.4 Å². The van der Waals surface area contributed by atoms with Crippen LogP contribution in [0.4, 0.5) is 4.79 Å². The molecule has 0 bridgehead atoms. The molecule has 6 nitrogen and oxygen atoms in total. The van der Waals surface area contributed by atoms with Crippen molar-refractivity contribution in [3.63, 3.8) is 0 Å². The van der Waals surface area contributed by atoms with Crippen molar-refractivity contribution >= 4 is 6.09 Å². The molecular formula is C18H24N4O2. The Hall–Kier alpha value is -2.34. The highest BCUT2D eigenvalue weighted by Gasteiger charge is 2.30. The van der Waals surface area contributed by atoms with E-state index >= 15 is 0 Å². The lowest BCUT2D eigenvalue weighted by Gasteiger charge is -2.36. The van der Waals surface area contributed by atoms with Crippen molar-refractivity contribution in [1.29, 1.82) is 0 Å². The predicted molar refractivity (Wildman–Crippen MR) is 91.4 cm³/mol. The number of imidazole rings is 1. The lowest BCUT2D eigenvalue weighted by Crippen LogP contribution is -2.52. The number of hydrogen-bond donors (Lipinski definition) is 2. The number of amides is 1. The molecule has 1 amide bonds. The highest BCUT2D eigenvalue weighted by atomic mass is 16.5. The van der Waals surface area contributed by atoms with Gasteiger partial charge in [-0.25, -0.2) is 9.78 Å². The van der Waals surface area contributed by atoms with E-state index in [0.717, 1.165) is 37.9 Å². The van der Waals surface area contributed by atoms with Crippen LogP contribution in [-0.2, 0) is 17.9 Å². The van der Waals surface area contributed by atoms with Crippen LogP contribution < -0.4 is 10.6 Å². The monoisotopic (exact) mass is 328 g/mol. The maximum Gasteiger partial charge on any atom is 0.407 e. The average molecular weight is 328 g/mol. The molecule has 1 fully saturated rings. The van der Waals surface area contributed by atoms with Crippen LogP contribution in [0.5, 0.6) is 0 Å². The van der Waals surface area contributed by atoms with Crippen LogP contribution in [0.2, 0.25) is 0 Å². The van der Waals surface area contributed by atoms with Crippen molar-refractivity contribution in [2.75, 3.05) is 6.54 Å². The highest BCUT2D eigenvalue weighted by molar-refractivity contribution is 5.67. The Labute approximate surface area is 142 Å². The normalized spacial score (nSPS) is 19.5. The number of aryl methyl sites for hydroxylation is 1. The van der Waals surface area contributed by atoms with Gasteiger partial charge in [0.2, 0.25) is 0 Å². The van der Waals surface area contributed by atoms with E-state index in [1.165, 1.54) is 0 Å². The number of hydrogen-bond acceptors (Lipinski definition) is 4. The fourth-order valence-electron chi connectivity index (χ4n) is 2.82. The Morgan fingerprint density at radius 3 is 2.83 bits per heavy atom. The van der Waals surface area contributed by atoms with Crippen LogP contribution in [0.1, 0.15) is 24.8 Å². The Bertz CT molecular complexity index is 609. The molecule has 0 unspecified atom stereocenters. The number of ether oxygens (including phenoxy) is 1. The van der Waals surface area contributed by atoms with E-state index in [-0.39, 0.29) is 12.1 Å². The minimum atomic E-state index is -0.331. The summed E-state index contributed by atoms with van der Waals surface area (Å²) in [4.78, 5) is 15.8. The Kier molecular flexibility index (Phi) is 5.85. The van der Waals surface area contributed by atoms with Crippen LogP contribution in [-0.4, -0.2) is 34.3 Å². The van der Waals surface area contributed by atoms with Gasteiger partial charge in [-0.2, -0.15) is 0 Å². The van der Waals surface area contributed by atoms with Crippen LogP contribution in [0.3, 0.4) is 0 Å². The van der Waals surface area contributed by atoms with Gasteiger partial charge < -0.3 is 19.9 Å². The fraction of sp³-hybridized carbons (Fsp3) is 0.444. The van der Waals surface area contributed by atoms with E-state index < -0.39 is 0 Å². The van der Waals surface area contributed by atoms with Crippen molar-refractivity contribution in [1.82, 2.24) is 20.2 Å². The van der Waals surface area contributed by atoms with Gasteiger partial charge in [0.1, 0.15) is 6.61 Å². The van der Waals surface area contributed by atoms with Crippen molar-refractivity contribution in [3.05, 3.63) is 54.6 Å². The molecule has 0 radical (unpaired) electrons. The number of alkyl carbamates (subject to hydrolysis) is 1. The molecular weight excluding hydrogens is 304 g/mol. The van der Waals surface area contributed by atoms with Gasteiger partial charge in [-0.15, -0.1) is 0 Å². The first-order valence-corrected chi connectivity index (χ1v) is 8.46. The molecule has 1 aromatic carbocycles. The second-order valence-corrected chi connectivity index (χ2v) is 6.18. The Balaban J connectivity index is 1.22. The van der Waals surface area contributed by atoms with Gasteiger partial charge in [0.05, 0.1) is 6.33 Å². The Morgan fingerprint density at radius 2 is 2.08 bits per heavy atom. The Morgan fingerprint density at radius 1 is 1.25 bits per heavy atom. The van der Waals surface area contributed by atoms with Crippen LogP contribution in [0, 0.1) is 0 Å². The van der Waals surface area contributed by atoms with Gasteiger partial charge in [0, 0.05) is 31.0 Å². The first-order chi connectivity index (χ1) is 11.8. The summed E-state index contributed by atoms with van der Waals surface area (Å²) in [5.41, 5.74) is 0.999. The van der Waals surface area contributed by atoms with Crippen LogP contribution in [0.25, 0.3) is 0 Å². The lowest BCUT2D eigenvalue weighted by atomic mass is 9.87. The largest absolute Gasteiger partial charge is 0.445 e. The third kappa shape index (κ3) is 5.09. The summed E-state index contributed by atoms with van der Waals surface area (Å²) >= 11 is 0. The van der Waals surface area contributed by atoms with Gasteiger partial charge in [0.25, 0.3) is 0 Å². The quantitative estimate of drug-likeness (QED) is 0.730. The average Bonchev–Trinajstić information content (AvgIpc) is 3.08. The molecule has 3 rings (SSSR count). The van der Waals surface area contributed by atoms with Crippen molar-refractivity contribution in [3.8, 4) is 0 Å². The van der Waals surface area contributed by atoms with Gasteiger partial charge in [0.15, 0.2) is 0 Å². The van der Waals surface area contributed by atoms with E-state index in [4.69, 9.17) is 4.74 Å². The summed E-state index contributed by atoms with van der Waals surface area (Å²) in [6.45, 7) is 2.27. The van der Waals surface area contributed by atoms with Crippen LogP contribution in [0.15, 0.2) is 49.1 Å². The van der Waals surface area contributed by atoms with Crippen LogP contribution >= 0.6 is 0 Å². The minimum Gasteiger partial charge on any atom is -0.445 e. The van der Waals surface area contributed by atoms with Gasteiger partial charge in [-0.1, -0.05) is 30.3 Å². The number of carbonyl (C=O) groups is 1. The second-order valence-electron chi connectivity index (χ2n) is 6.18. The molecule has 2 aromatic rings. The van der Waals surface area contributed by atoms with E-state index in [2.05, 4.69) is 20.2 Å².